The second kappa shape index (κ2) is 13.3. The van der Waals surface area contributed by atoms with E-state index in [1.807, 2.05) is 18.2 Å². The van der Waals surface area contributed by atoms with Crippen LogP contribution in [0.1, 0.15) is 53.4 Å². The maximum atomic E-state index is 13.2. The normalized spacial score (nSPS) is 13.8. The molecule has 0 bridgehead atoms. The Bertz CT molecular complexity index is 1040. The molecule has 6 nitrogen and oxygen atoms in total. The molecule has 7 heteroatoms. The van der Waals surface area contributed by atoms with Crippen molar-refractivity contribution in [3.8, 4) is 22.6 Å². The van der Waals surface area contributed by atoms with Gasteiger partial charge in [-0.25, -0.2) is 8.42 Å². The van der Waals surface area contributed by atoms with Crippen molar-refractivity contribution in [2.24, 2.45) is 0 Å². The summed E-state index contributed by atoms with van der Waals surface area (Å²) in [4.78, 5) is 5.44. The molecule has 35 heavy (non-hydrogen) atoms. The summed E-state index contributed by atoms with van der Waals surface area (Å²) < 4.78 is 38.4. The summed E-state index contributed by atoms with van der Waals surface area (Å²) >= 11 is 0. The monoisotopic (exact) mass is 502 g/mol. The van der Waals surface area contributed by atoms with Crippen LogP contribution in [0, 0.1) is 0 Å². The molecule has 0 amide bonds. The molecule has 0 aliphatic carbocycles. The molecule has 0 saturated carbocycles. The molecule has 0 N–H and O–H groups in total. The zero-order valence-corrected chi connectivity index (χ0v) is 22.7. The zero-order chi connectivity index (χ0) is 25.3. The maximum absolute atomic E-state index is 13.2. The Morgan fingerprint density at radius 3 is 1.60 bits per heavy atom. The highest BCUT2D eigenvalue weighted by atomic mass is 32.2. The summed E-state index contributed by atoms with van der Waals surface area (Å²) in [6.07, 6.45) is 4.46. The minimum absolute atomic E-state index is 0.318. The highest BCUT2D eigenvalue weighted by Gasteiger charge is 2.33. The molecule has 0 atom stereocenters. The Hall–Kier alpha value is -2.09. The second-order valence-electron chi connectivity index (χ2n) is 9.20. The van der Waals surface area contributed by atoms with E-state index in [0.29, 0.717) is 40.1 Å². The van der Waals surface area contributed by atoms with E-state index in [9.17, 15) is 8.42 Å². The Morgan fingerprint density at radius 2 is 1.09 bits per heavy atom. The fraction of sp³-hybridized carbons (Fsp3) is 0.571. The van der Waals surface area contributed by atoms with E-state index >= 15 is 0 Å². The Balaban J connectivity index is 1.68. The van der Waals surface area contributed by atoms with Crippen LogP contribution < -0.4 is 9.47 Å². The van der Waals surface area contributed by atoms with Crippen LogP contribution in [-0.4, -0.2) is 70.7 Å². The first kappa shape index (κ1) is 27.5. The van der Waals surface area contributed by atoms with Gasteiger partial charge in [0.05, 0.1) is 9.79 Å². The predicted octanol–water partition coefficient (Wildman–Crippen LogP) is 5.50. The van der Waals surface area contributed by atoms with Crippen LogP contribution in [0.4, 0.5) is 0 Å². The number of benzene rings is 2. The van der Waals surface area contributed by atoms with Crippen molar-refractivity contribution >= 4 is 9.84 Å². The Morgan fingerprint density at radius 1 is 0.600 bits per heavy atom. The van der Waals surface area contributed by atoms with Crippen molar-refractivity contribution in [2.75, 3.05) is 52.5 Å². The summed E-state index contributed by atoms with van der Waals surface area (Å²) in [7, 11) is -3.57. The van der Waals surface area contributed by atoms with Gasteiger partial charge < -0.3 is 9.47 Å². The second-order valence-corrected chi connectivity index (χ2v) is 11.1. The minimum Gasteiger partial charge on any atom is -0.492 e. The van der Waals surface area contributed by atoms with Gasteiger partial charge in [-0.15, -0.1) is 0 Å². The molecule has 0 aromatic heterocycles. The lowest BCUT2D eigenvalue weighted by atomic mass is 10.1. The van der Waals surface area contributed by atoms with Crippen LogP contribution in [0.25, 0.3) is 11.1 Å². The van der Waals surface area contributed by atoms with Crippen LogP contribution in [0.15, 0.2) is 46.2 Å². The van der Waals surface area contributed by atoms with Gasteiger partial charge in [0, 0.05) is 24.2 Å². The summed E-state index contributed by atoms with van der Waals surface area (Å²) in [5.74, 6) is 1.29. The number of hydrogen-bond acceptors (Lipinski definition) is 6. The lowest BCUT2D eigenvalue weighted by Gasteiger charge is -2.21. The molecule has 1 aliphatic heterocycles. The number of ether oxygens (including phenoxy) is 2. The highest BCUT2D eigenvalue weighted by Crippen LogP contribution is 2.45. The number of fused-ring (bicyclic) bond motifs is 3. The van der Waals surface area contributed by atoms with E-state index in [-0.39, 0.29) is 0 Å². The maximum Gasteiger partial charge on any atom is 0.207 e. The minimum atomic E-state index is -3.57. The van der Waals surface area contributed by atoms with Gasteiger partial charge >= 0.3 is 0 Å². The molecule has 2 aromatic rings. The summed E-state index contributed by atoms with van der Waals surface area (Å²) in [5, 5.41) is 0. The van der Waals surface area contributed by atoms with E-state index in [4.69, 9.17) is 9.47 Å². The predicted molar refractivity (Wildman–Crippen MR) is 142 cm³/mol. The van der Waals surface area contributed by atoms with Gasteiger partial charge in [-0.1, -0.05) is 27.7 Å². The molecule has 2 aromatic carbocycles. The van der Waals surface area contributed by atoms with E-state index in [2.05, 4.69) is 37.5 Å². The van der Waals surface area contributed by atoms with Crippen LogP contribution in [0.2, 0.25) is 0 Å². The molecule has 1 aliphatic rings. The average molecular weight is 503 g/mol. The highest BCUT2D eigenvalue weighted by molar-refractivity contribution is 7.92. The van der Waals surface area contributed by atoms with Crippen molar-refractivity contribution in [1.82, 2.24) is 9.80 Å². The topological polar surface area (TPSA) is 59.1 Å². The lowest BCUT2D eigenvalue weighted by Crippen LogP contribution is -2.30. The molecule has 0 fully saturated rings. The van der Waals surface area contributed by atoms with Gasteiger partial charge in [-0.05, 0) is 88.3 Å². The molecule has 0 spiro atoms. The average Bonchev–Trinajstić information content (AvgIpc) is 3.06. The van der Waals surface area contributed by atoms with Gasteiger partial charge in [0.25, 0.3) is 0 Å². The van der Waals surface area contributed by atoms with Crippen LogP contribution in [0.3, 0.4) is 0 Å². The van der Waals surface area contributed by atoms with Crippen molar-refractivity contribution < 1.29 is 17.9 Å². The molecule has 1 heterocycles. The summed E-state index contributed by atoms with van der Waals surface area (Å²) in [6, 6.07) is 10.7. The van der Waals surface area contributed by atoms with Crippen molar-refractivity contribution in [3.63, 3.8) is 0 Å². The third-order valence-electron chi connectivity index (χ3n) is 6.29. The third-order valence-corrected chi connectivity index (χ3v) is 8.14. The van der Waals surface area contributed by atoms with Crippen LogP contribution >= 0.6 is 0 Å². The first-order chi connectivity index (χ1) is 16.9. The lowest BCUT2D eigenvalue weighted by molar-refractivity contribution is 0.209. The van der Waals surface area contributed by atoms with Gasteiger partial charge in [0.2, 0.25) is 9.84 Å². The largest absolute Gasteiger partial charge is 0.492 e. The Labute approximate surface area is 212 Å². The molecule has 0 radical (unpaired) electrons. The van der Waals surface area contributed by atoms with Crippen molar-refractivity contribution in [3.05, 3.63) is 36.4 Å². The molecule has 194 valence electrons. The van der Waals surface area contributed by atoms with E-state index in [0.717, 1.165) is 70.5 Å². The quantitative estimate of drug-likeness (QED) is 0.258. The van der Waals surface area contributed by atoms with E-state index in [1.165, 1.54) is 0 Å². The van der Waals surface area contributed by atoms with E-state index in [1.54, 1.807) is 18.2 Å². The zero-order valence-electron chi connectivity index (χ0n) is 21.9. The summed E-state index contributed by atoms with van der Waals surface area (Å²) in [6.45, 7) is 15.8. The summed E-state index contributed by atoms with van der Waals surface area (Å²) in [5.41, 5.74) is 1.43. The molecular formula is C28H42N2O4S. The van der Waals surface area contributed by atoms with Gasteiger partial charge in [-0.2, -0.15) is 0 Å². The van der Waals surface area contributed by atoms with Crippen LogP contribution in [0.5, 0.6) is 11.5 Å². The van der Waals surface area contributed by atoms with Crippen molar-refractivity contribution in [2.45, 2.75) is 63.2 Å². The fourth-order valence-electron chi connectivity index (χ4n) is 4.72. The SMILES string of the molecule is CCCN(CCC)CCOc1ccc2c(c1)-c1ccc(OCCN(CCC)CCC)cc1S2(=O)=O. The number of sulfone groups is 1. The van der Waals surface area contributed by atoms with Gasteiger partial charge in [0.1, 0.15) is 24.7 Å². The Kier molecular flexibility index (Phi) is 10.4. The van der Waals surface area contributed by atoms with E-state index < -0.39 is 9.84 Å². The van der Waals surface area contributed by atoms with Crippen LogP contribution in [-0.2, 0) is 9.84 Å². The molecule has 3 rings (SSSR count). The molecule has 0 saturated heterocycles. The fourth-order valence-corrected chi connectivity index (χ4v) is 6.40. The van der Waals surface area contributed by atoms with Crippen molar-refractivity contribution in [1.29, 1.82) is 0 Å². The third kappa shape index (κ3) is 6.99. The molecular weight excluding hydrogens is 460 g/mol. The number of rotatable bonds is 16. The first-order valence-electron chi connectivity index (χ1n) is 13.2. The smallest absolute Gasteiger partial charge is 0.207 e. The number of hydrogen-bond donors (Lipinski definition) is 0. The molecule has 0 unspecified atom stereocenters. The first-order valence-corrected chi connectivity index (χ1v) is 14.7. The standard InChI is InChI=1S/C28H42N2O4S/c1-5-13-29(14-6-2)17-19-33-23-10-12-27-26(21-23)25-11-9-24(22-28(25)35(27,31)32)34-20-18-30(15-7-3)16-8-4/h9-12,21-22H,5-8,13-20H2,1-4H3. The number of nitrogens with zero attached hydrogens (tertiary/aromatic N) is 2. The van der Waals surface area contributed by atoms with Gasteiger partial charge in [-0.3, -0.25) is 9.80 Å². The van der Waals surface area contributed by atoms with Gasteiger partial charge in [0.15, 0.2) is 0 Å².